The van der Waals surface area contributed by atoms with Crippen LogP contribution in [0.1, 0.15) is 49.4 Å². The lowest BCUT2D eigenvalue weighted by Crippen LogP contribution is -2.22. The van der Waals surface area contributed by atoms with Gasteiger partial charge >= 0.3 is 17.9 Å². The van der Waals surface area contributed by atoms with E-state index in [4.69, 9.17) is 49.4 Å². The summed E-state index contributed by atoms with van der Waals surface area (Å²) in [5.41, 5.74) is -0.378. The summed E-state index contributed by atoms with van der Waals surface area (Å²) in [6, 6.07) is 1.15. The summed E-state index contributed by atoms with van der Waals surface area (Å²) in [4.78, 5) is 34.6. The maximum atomic E-state index is 12.5. The van der Waals surface area contributed by atoms with Gasteiger partial charge < -0.3 is 14.6 Å². The third kappa shape index (κ3) is 5.74. The van der Waals surface area contributed by atoms with Gasteiger partial charge in [0.05, 0.1) is 21.7 Å². The van der Waals surface area contributed by atoms with Crippen LogP contribution in [0.15, 0.2) is 6.07 Å². The van der Waals surface area contributed by atoms with Crippen LogP contribution >= 0.6 is 34.8 Å². The fourth-order valence-corrected chi connectivity index (χ4v) is 3.89. The zero-order valence-electron chi connectivity index (χ0n) is 14.6. The number of hydrogen-bond donors (Lipinski definition) is 1. The molecular weight excluding hydrogens is 419 g/mol. The van der Waals surface area contributed by atoms with Crippen LogP contribution in [0.2, 0.25) is 15.1 Å². The van der Waals surface area contributed by atoms with Gasteiger partial charge in [0.25, 0.3) is 0 Å². The van der Waals surface area contributed by atoms with E-state index in [2.05, 4.69) is 0 Å². The predicted molar refractivity (Wildman–Crippen MR) is 101 cm³/mol. The van der Waals surface area contributed by atoms with Crippen LogP contribution in [0.25, 0.3) is 0 Å². The molecule has 0 amide bonds. The van der Waals surface area contributed by atoms with Gasteiger partial charge in [0, 0.05) is 0 Å². The lowest BCUT2D eigenvalue weighted by atomic mass is 9.95. The fourth-order valence-electron chi connectivity index (χ4n) is 3.17. The Bertz CT molecular complexity index is 743. The first-order valence-corrected chi connectivity index (χ1v) is 9.63. The zero-order chi connectivity index (χ0) is 20.1. The van der Waals surface area contributed by atoms with E-state index in [1.807, 2.05) is 6.92 Å². The Labute approximate surface area is 171 Å². The van der Waals surface area contributed by atoms with Crippen LogP contribution in [0.4, 0.5) is 0 Å². The number of benzene rings is 1. The summed E-state index contributed by atoms with van der Waals surface area (Å²) in [7, 11) is 0. The Kier molecular flexibility index (Phi) is 7.77. The summed E-state index contributed by atoms with van der Waals surface area (Å²) >= 11 is 17.9. The molecule has 0 saturated heterocycles. The molecule has 1 aliphatic carbocycles. The lowest BCUT2D eigenvalue weighted by Gasteiger charge is -2.17. The molecule has 0 spiro atoms. The number of esters is 2. The van der Waals surface area contributed by atoms with E-state index in [-0.39, 0.29) is 33.2 Å². The summed E-state index contributed by atoms with van der Waals surface area (Å²) in [5.74, 6) is -4.08. The van der Waals surface area contributed by atoms with E-state index >= 15 is 0 Å². The van der Waals surface area contributed by atoms with Crippen LogP contribution in [0.3, 0.4) is 0 Å². The molecule has 1 N–H and O–H groups in total. The maximum Gasteiger partial charge on any atom is 0.422 e. The van der Waals surface area contributed by atoms with Crippen molar-refractivity contribution in [2.75, 3.05) is 6.61 Å². The minimum Gasteiger partial charge on any atom is -0.473 e. The van der Waals surface area contributed by atoms with Gasteiger partial charge in [-0.05, 0) is 24.3 Å². The monoisotopic (exact) mass is 436 g/mol. The van der Waals surface area contributed by atoms with Crippen LogP contribution in [-0.2, 0) is 14.3 Å². The second kappa shape index (κ2) is 9.62. The summed E-state index contributed by atoms with van der Waals surface area (Å²) < 4.78 is 9.99. The highest BCUT2D eigenvalue weighted by Gasteiger charge is 2.28. The molecule has 0 bridgehead atoms. The average Bonchev–Trinajstić information content (AvgIpc) is 3.10. The molecule has 1 aromatic carbocycles. The molecule has 1 unspecified atom stereocenters. The van der Waals surface area contributed by atoms with Gasteiger partial charge in [0.1, 0.15) is 5.56 Å². The van der Waals surface area contributed by atoms with Gasteiger partial charge in [0.15, 0.2) is 5.75 Å². The molecule has 1 aromatic rings. The first-order chi connectivity index (χ1) is 12.7. The van der Waals surface area contributed by atoms with Crippen molar-refractivity contribution in [3.63, 3.8) is 0 Å². The van der Waals surface area contributed by atoms with Crippen molar-refractivity contribution >= 4 is 52.7 Å². The summed E-state index contributed by atoms with van der Waals surface area (Å²) in [6.07, 6.45) is 5.77. The average molecular weight is 438 g/mol. The highest BCUT2D eigenvalue weighted by Crippen LogP contribution is 2.40. The molecule has 1 atom stereocenters. The molecule has 9 heteroatoms. The van der Waals surface area contributed by atoms with Crippen LogP contribution < -0.4 is 4.74 Å². The van der Waals surface area contributed by atoms with Crippen molar-refractivity contribution in [2.45, 2.75) is 39.0 Å². The molecule has 1 fully saturated rings. The predicted octanol–water partition coefficient (Wildman–Crippen LogP) is 5.01. The van der Waals surface area contributed by atoms with Gasteiger partial charge in [-0.3, -0.25) is 0 Å². The number of aliphatic carboxylic acids is 1. The van der Waals surface area contributed by atoms with Gasteiger partial charge in [-0.25, -0.2) is 14.4 Å². The highest BCUT2D eigenvalue weighted by atomic mass is 35.5. The Balaban J connectivity index is 2.15. The molecule has 0 aliphatic heterocycles. The van der Waals surface area contributed by atoms with Crippen molar-refractivity contribution in [3.8, 4) is 5.75 Å². The topological polar surface area (TPSA) is 89.9 Å². The molecule has 0 heterocycles. The van der Waals surface area contributed by atoms with E-state index in [0.29, 0.717) is 5.92 Å². The second-order valence-corrected chi connectivity index (χ2v) is 7.84. The largest absolute Gasteiger partial charge is 0.473 e. The smallest absolute Gasteiger partial charge is 0.422 e. The van der Waals surface area contributed by atoms with Crippen molar-refractivity contribution in [1.82, 2.24) is 0 Å². The molecule has 0 aromatic heterocycles. The van der Waals surface area contributed by atoms with E-state index in [9.17, 15) is 14.4 Å². The molecular formula is C18H19Cl3O6. The number of carbonyl (C=O) groups excluding carboxylic acids is 2. The van der Waals surface area contributed by atoms with Crippen molar-refractivity contribution in [3.05, 3.63) is 26.7 Å². The SMILES string of the molecule is CC(COC(=O)c1c(Cl)c(Cl)cc(Cl)c1OC(=O)C(=O)O)CC1CCCC1. The highest BCUT2D eigenvalue weighted by molar-refractivity contribution is 6.46. The van der Waals surface area contributed by atoms with Crippen molar-refractivity contribution in [2.24, 2.45) is 11.8 Å². The quantitative estimate of drug-likeness (QED) is 0.291. The summed E-state index contributed by atoms with van der Waals surface area (Å²) in [6.45, 7) is 2.12. The molecule has 1 saturated carbocycles. The normalized spacial score (nSPS) is 15.4. The van der Waals surface area contributed by atoms with Crippen molar-refractivity contribution in [1.29, 1.82) is 0 Å². The number of ether oxygens (including phenoxy) is 2. The Hall–Kier alpha value is -1.50. The minimum absolute atomic E-state index is 0.0530. The van der Waals surface area contributed by atoms with Crippen LogP contribution in [0.5, 0.6) is 5.75 Å². The first kappa shape index (κ1) is 21.8. The van der Waals surface area contributed by atoms with Gasteiger partial charge in [-0.1, -0.05) is 67.4 Å². The van der Waals surface area contributed by atoms with Gasteiger partial charge in [-0.2, -0.15) is 0 Å². The van der Waals surface area contributed by atoms with E-state index in [1.165, 1.54) is 25.7 Å². The number of hydrogen-bond acceptors (Lipinski definition) is 5. The second-order valence-electron chi connectivity index (χ2n) is 6.64. The number of rotatable bonds is 6. The van der Waals surface area contributed by atoms with E-state index in [0.717, 1.165) is 12.5 Å². The molecule has 0 radical (unpaired) electrons. The van der Waals surface area contributed by atoms with E-state index in [1.54, 1.807) is 0 Å². The van der Waals surface area contributed by atoms with E-state index < -0.39 is 23.7 Å². The summed E-state index contributed by atoms with van der Waals surface area (Å²) in [5, 5.41) is 8.19. The number of carbonyl (C=O) groups is 3. The lowest BCUT2D eigenvalue weighted by molar-refractivity contribution is -0.158. The van der Waals surface area contributed by atoms with Gasteiger partial charge in [-0.15, -0.1) is 0 Å². The Morgan fingerprint density at radius 2 is 1.81 bits per heavy atom. The molecule has 2 rings (SSSR count). The van der Waals surface area contributed by atoms with Crippen molar-refractivity contribution < 1.29 is 29.0 Å². The molecule has 27 heavy (non-hydrogen) atoms. The molecule has 1 aliphatic rings. The number of carboxylic acid groups (broad SMARTS) is 1. The number of carboxylic acids is 1. The van der Waals surface area contributed by atoms with Gasteiger partial charge in [0.2, 0.25) is 0 Å². The standard InChI is InChI=1S/C18H19Cl3O6/c1-9(6-10-4-2-3-5-10)8-26-17(24)13-14(21)11(19)7-12(20)15(13)27-18(25)16(22)23/h7,9-10H,2-6,8H2,1H3,(H,22,23). The van der Waals surface area contributed by atoms with Crippen LogP contribution in [-0.4, -0.2) is 29.6 Å². The first-order valence-electron chi connectivity index (χ1n) is 8.50. The van der Waals surface area contributed by atoms with Crippen LogP contribution in [0, 0.1) is 11.8 Å². The zero-order valence-corrected chi connectivity index (χ0v) is 16.9. The fraction of sp³-hybridized carbons (Fsp3) is 0.500. The molecule has 148 valence electrons. The minimum atomic E-state index is -1.85. The number of halogens is 3. The Morgan fingerprint density at radius 3 is 2.41 bits per heavy atom. The molecule has 6 nitrogen and oxygen atoms in total. The third-order valence-corrected chi connectivity index (χ3v) is 5.48. The third-order valence-electron chi connectivity index (χ3n) is 4.41. The maximum absolute atomic E-state index is 12.5. The Morgan fingerprint density at radius 1 is 1.19 bits per heavy atom.